The molecule has 0 aromatic carbocycles. The molecule has 3 atom stereocenters. The topological polar surface area (TPSA) is 292 Å². The van der Waals surface area contributed by atoms with Gasteiger partial charge in [0.1, 0.15) is 18.1 Å². The Morgan fingerprint density at radius 1 is 0.706 bits per heavy atom. The second-order valence-corrected chi connectivity index (χ2v) is 6.77. The van der Waals surface area contributed by atoms with E-state index in [0.29, 0.717) is 0 Å². The molecule has 17 nitrogen and oxygen atoms in total. The fourth-order valence-corrected chi connectivity index (χ4v) is 2.14. The van der Waals surface area contributed by atoms with Gasteiger partial charge in [-0.25, -0.2) is 4.79 Å². The monoisotopic (exact) mass is 491 g/mol. The summed E-state index contributed by atoms with van der Waals surface area (Å²) in [5.41, 5.74) is 10.3. The van der Waals surface area contributed by atoms with Crippen LogP contribution in [0.4, 0.5) is 0 Å². The van der Waals surface area contributed by atoms with Crippen molar-refractivity contribution in [1.82, 2.24) is 26.6 Å². The molecule has 12 N–H and O–H groups in total. The molecule has 0 bridgehead atoms. The molecule has 0 saturated heterocycles. The van der Waals surface area contributed by atoms with E-state index in [1.807, 2.05) is 5.32 Å². The maximum Gasteiger partial charge on any atom is 0.328 e. The highest BCUT2D eigenvalue weighted by Gasteiger charge is 2.23. The Hall–Kier alpha value is -3.83. The zero-order valence-electron chi connectivity index (χ0n) is 18.0. The van der Waals surface area contributed by atoms with Gasteiger partial charge in [-0.2, -0.15) is 0 Å². The molecule has 0 heterocycles. The van der Waals surface area contributed by atoms with Gasteiger partial charge in [-0.1, -0.05) is 0 Å². The van der Waals surface area contributed by atoms with Crippen LogP contribution >= 0.6 is 0 Å². The van der Waals surface area contributed by atoms with Gasteiger partial charge in [-0.15, -0.1) is 0 Å². The Morgan fingerprint density at radius 2 is 1.21 bits per heavy atom. The van der Waals surface area contributed by atoms with Gasteiger partial charge >= 0.3 is 5.97 Å². The lowest BCUT2D eigenvalue weighted by Gasteiger charge is -2.18. The van der Waals surface area contributed by atoms with Gasteiger partial charge in [0.05, 0.1) is 32.8 Å². The van der Waals surface area contributed by atoms with Crippen LogP contribution in [0.15, 0.2) is 0 Å². The van der Waals surface area contributed by atoms with Crippen molar-refractivity contribution in [1.29, 1.82) is 0 Å². The van der Waals surface area contributed by atoms with E-state index < -0.39 is 92.4 Å². The first kappa shape index (κ1) is 30.2. The summed E-state index contributed by atoms with van der Waals surface area (Å²) in [5.74, 6) is -6.51. The number of primary amides is 1. The van der Waals surface area contributed by atoms with Crippen molar-refractivity contribution in [3.8, 4) is 0 Å². The van der Waals surface area contributed by atoms with E-state index >= 15 is 0 Å². The number of hydrogen-bond donors (Lipinski definition) is 10. The molecule has 0 aliphatic rings. The predicted molar refractivity (Wildman–Crippen MR) is 111 cm³/mol. The molecule has 0 aromatic heterocycles. The van der Waals surface area contributed by atoms with E-state index in [0.717, 1.165) is 0 Å². The molecule has 0 aromatic rings. The molecule has 17 heteroatoms. The number of rotatable bonds is 16. The lowest BCUT2D eigenvalue weighted by molar-refractivity contribution is -0.142. The largest absolute Gasteiger partial charge is 0.480 e. The number of carboxylic acids is 1. The number of amides is 6. The van der Waals surface area contributed by atoms with Crippen molar-refractivity contribution in [2.24, 2.45) is 11.5 Å². The number of carbonyl (C=O) groups is 7. The lowest BCUT2D eigenvalue weighted by Crippen LogP contribution is -2.53. The van der Waals surface area contributed by atoms with Crippen LogP contribution in [0, 0.1) is 0 Å². The molecule has 0 unspecified atom stereocenters. The maximum atomic E-state index is 12.3. The van der Waals surface area contributed by atoms with E-state index in [4.69, 9.17) is 26.8 Å². The predicted octanol–water partition coefficient (Wildman–Crippen LogP) is -7.03. The first-order chi connectivity index (χ1) is 15.9. The molecule has 0 aliphatic carbocycles. The van der Waals surface area contributed by atoms with Gasteiger partial charge in [0, 0.05) is 6.42 Å². The van der Waals surface area contributed by atoms with Gasteiger partial charge in [0.2, 0.25) is 35.4 Å². The fourth-order valence-electron chi connectivity index (χ4n) is 2.14. The highest BCUT2D eigenvalue weighted by molar-refractivity contribution is 5.93. The minimum atomic E-state index is -1.55. The van der Waals surface area contributed by atoms with Crippen LogP contribution < -0.4 is 38.1 Å². The van der Waals surface area contributed by atoms with Gasteiger partial charge in [0.15, 0.2) is 0 Å². The Morgan fingerprint density at radius 3 is 1.71 bits per heavy atom. The summed E-state index contributed by atoms with van der Waals surface area (Å²) >= 11 is 0. The summed E-state index contributed by atoms with van der Waals surface area (Å²) in [4.78, 5) is 80.9. The van der Waals surface area contributed by atoms with Gasteiger partial charge in [-0.3, -0.25) is 28.8 Å². The van der Waals surface area contributed by atoms with Crippen LogP contribution in [0.2, 0.25) is 0 Å². The van der Waals surface area contributed by atoms with Crippen LogP contribution in [0.1, 0.15) is 12.8 Å². The first-order valence-electron chi connectivity index (χ1n) is 9.80. The Balaban J connectivity index is 4.69. The number of aliphatic hydroxyl groups excluding tert-OH is 2. The number of carboxylic acid groups (broad SMARTS) is 1. The summed E-state index contributed by atoms with van der Waals surface area (Å²) in [7, 11) is 0. The molecule has 6 amide bonds. The first-order valence-corrected chi connectivity index (χ1v) is 9.80. The average Bonchev–Trinajstić information content (AvgIpc) is 2.79. The van der Waals surface area contributed by atoms with Crippen LogP contribution in [-0.2, 0) is 33.6 Å². The number of aliphatic hydroxyl groups is 2. The standard InChI is InChI=1S/C17H29N7O10/c18-8(6-25)15(31)21-5-14(30)23-9(1-2-11(19)27)16(32)22-3-12(28)20-4-13(29)24-10(7-26)17(33)34/h8-10,25-26H,1-7,18H2,(H2,19,27)(H,20,28)(H,21,31)(H,22,32)(H,23,30)(H,24,29)(H,33,34)/t8-,9-,10-/m0/s1. The number of hydrogen-bond acceptors (Lipinski definition) is 10. The minimum Gasteiger partial charge on any atom is -0.480 e. The van der Waals surface area contributed by atoms with E-state index in [-0.39, 0.29) is 12.8 Å². The molecule has 34 heavy (non-hydrogen) atoms. The summed E-state index contributed by atoms with van der Waals surface area (Å²) in [6, 6.07) is -4.11. The maximum absolute atomic E-state index is 12.3. The van der Waals surface area contributed by atoms with Crippen molar-refractivity contribution in [3.63, 3.8) is 0 Å². The highest BCUT2D eigenvalue weighted by atomic mass is 16.4. The van der Waals surface area contributed by atoms with Crippen LogP contribution in [0.5, 0.6) is 0 Å². The van der Waals surface area contributed by atoms with Gasteiger partial charge in [-0.05, 0) is 6.42 Å². The Labute approximate surface area is 193 Å². The molecular weight excluding hydrogens is 462 g/mol. The van der Waals surface area contributed by atoms with Crippen LogP contribution in [-0.4, -0.2) is 108 Å². The van der Waals surface area contributed by atoms with E-state index in [2.05, 4.69) is 21.3 Å². The lowest BCUT2D eigenvalue weighted by atomic mass is 10.1. The third kappa shape index (κ3) is 12.9. The SMILES string of the molecule is NC(=O)CC[C@H](NC(=O)CNC(=O)[C@@H](N)CO)C(=O)NCC(=O)NCC(=O)N[C@@H](CO)C(=O)O. The van der Waals surface area contributed by atoms with E-state index in [1.54, 1.807) is 0 Å². The zero-order chi connectivity index (χ0) is 26.3. The summed E-state index contributed by atoms with van der Waals surface area (Å²) in [6.07, 6.45) is -0.513. The summed E-state index contributed by atoms with van der Waals surface area (Å²) in [5, 5.41) is 36.9. The molecule has 0 saturated carbocycles. The van der Waals surface area contributed by atoms with Crippen molar-refractivity contribution < 1.29 is 48.9 Å². The van der Waals surface area contributed by atoms with Crippen molar-refractivity contribution in [3.05, 3.63) is 0 Å². The third-order valence-corrected chi connectivity index (χ3v) is 3.97. The zero-order valence-corrected chi connectivity index (χ0v) is 18.0. The normalized spacial score (nSPS) is 12.9. The second-order valence-electron chi connectivity index (χ2n) is 6.77. The average molecular weight is 491 g/mol. The van der Waals surface area contributed by atoms with E-state index in [1.165, 1.54) is 0 Å². The van der Waals surface area contributed by atoms with Gasteiger partial charge in [0.25, 0.3) is 0 Å². The van der Waals surface area contributed by atoms with Crippen molar-refractivity contribution in [2.75, 3.05) is 32.8 Å². The Bertz CT molecular complexity index is 776. The minimum absolute atomic E-state index is 0.223. The number of aliphatic carboxylic acids is 1. The molecule has 0 rings (SSSR count). The van der Waals surface area contributed by atoms with Crippen LogP contribution in [0.3, 0.4) is 0 Å². The second kappa shape index (κ2) is 15.9. The number of nitrogens with one attached hydrogen (secondary N) is 5. The van der Waals surface area contributed by atoms with Crippen molar-refractivity contribution >= 4 is 41.4 Å². The third-order valence-electron chi connectivity index (χ3n) is 3.97. The van der Waals surface area contributed by atoms with Crippen LogP contribution in [0.25, 0.3) is 0 Å². The summed E-state index contributed by atoms with van der Waals surface area (Å²) in [6.45, 7) is -3.38. The molecule has 0 fully saturated rings. The molecule has 0 radical (unpaired) electrons. The van der Waals surface area contributed by atoms with Crippen molar-refractivity contribution in [2.45, 2.75) is 31.0 Å². The smallest absolute Gasteiger partial charge is 0.328 e. The fraction of sp³-hybridized carbons (Fsp3) is 0.588. The number of nitrogens with two attached hydrogens (primary N) is 2. The molecule has 192 valence electrons. The number of carbonyl (C=O) groups excluding carboxylic acids is 6. The van der Waals surface area contributed by atoms with E-state index in [9.17, 15) is 33.6 Å². The molecule has 0 spiro atoms. The molecular formula is C17H29N7O10. The Kier molecular flexibility index (Phi) is 14.1. The molecule has 0 aliphatic heterocycles. The van der Waals surface area contributed by atoms with Gasteiger partial charge < -0.3 is 53.4 Å². The quantitative estimate of drug-likeness (QED) is 0.0967. The highest BCUT2D eigenvalue weighted by Crippen LogP contribution is 1.98. The summed E-state index contributed by atoms with van der Waals surface area (Å²) < 4.78 is 0.